The molecule has 1 aliphatic rings. The molecule has 3 aromatic carbocycles. The van der Waals surface area contributed by atoms with Crippen LogP contribution >= 0.6 is 0 Å². The molecule has 0 aromatic heterocycles. The summed E-state index contributed by atoms with van der Waals surface area (Å²) in [5, 5.41) is 11.7. The van der Waals surface area contributed by atoms with Crippen LogP contribution in [0.2, 0.25) is 5.04 Å². The maximum absolute atomic E-state index is 15.9. The molecular weight excluding hydrogens is 521 g/mol. The molecule has 40 heavy (non-hydrogen) atoms. The summed E-state index contributed by atoms with van der Waals surface area (Å²) in [5.41, 5.74) is 0.186. The zero-order valence-corrected chi connectivity index (χ0v) is 25.5. The number of hydrogen-bond acceptors (Lipinski definition) is 3. The molecule has 3 aromatic rings. The lowest BCUT2D eigenvalue weighted by molar-refractivity contribution is 0.0118. The molecule has 1 heterocycles. The van der Waals surface area contributed by atoms with Gasteiger partial charge in [-0.3, -0.25) is 0 Å². The zero-order chi connectivity index (χ0) is 29.1. The van der Waals surface area contributed by atoms with Crippen LogP contribution in [0.1, 0.15) is 59.9 Å². The van der Waals surface area contributed by atoms with E-state index in [1.54, 1.807) is 18.2 Å². The van der Waals surface area contributed by atoms with Gasteiger partial charge >= 0.3 is 6.09 Å². The smallest absolute Gasteiger partial charge is 0.407 e. The van der Waals surface area contributed by atoms with Gasteiger partial charge in [-0.05, 0) is 26.9 Å². The summed E-state index contributed by atoms with van der Waals surface area (Å²) >= 11 is 0. The van der Waals surface area contributed by atoms with Crippen molar-refractivity contribution in [3.63, 3.8) is 0 Å². The number of piperidine rings is 1. The Kier molecular flexibility index (Phi) is 8.76. The molecule has 0 saturated carbocycles. The Labute approximate surface area is 239 Å². The third kappa shape index (κ3) is 6.10. The highest BCUT2D eigenvalue weighted by Gasteiger charge is 2.50. The molecule has 1 amide bonds. The first-order chi connectivity index (χ1) is 18.8. The maximum Gasteiger partial charge on any atom is 0.407 e. The quantitative estimate of drug-likeness (QED) is 0.320. The Morgan fingerprint density at radius 3 is 2.00 bits per heavy atom. The average Bonchev–Trinajstić information content (AvgIpc) is 2.91. The van der Waals surface area contributed by atoms with Crippen LogP contribution in [0.15, 0.2) is 78.9 Å². The minimum absolute atomic E-state index is 0.110. The minimum atomic E-state index is -2.83. The number of amides is 1. The van der Waals surface area contributed by atoms with Crippen molar-refractivity contribution in [3.8, 4) is 5.75 Å². The second kappa shape index (κ2) is 11.8. The van der Waals surface area contributed by atoms with Gasteiger partial charge < -0.3 is 19.2 Å². The number of benzene rings is 3. The van der Waals surface area contributed by atoms with Gasteiger partial charge in [-0.15, -0.1) is 0 Å². The van der Waals surface area contributed by atoms with Crippen LogP contribution in [0.5, 0.6) is 5.75 Å². The average molecular weight is 564 g/mol. The highest BCUT2D eigenvalue weighted by atomic mass is 28.4. The molecule has 0 spiro atoms. The zero-order valence-electron chi connectivity index (χ0n) is 24.5. The molecule has 214 valence electrons. The normalized spacial score (nSPS) is 18.4. The van der Waals surface area contributed by atoms with E-state index in [0.717, 1.165) is 10.4 Å². The van der Waals surface area contributed by atoms with Crippen LogP contribution in [-0.4, -0.2) is 43.1 Å². The predicted octanol–water partition coefficient (Wildman–Crippen LogP) is 6.84. The summed E-state index contributed by atoms with van der Waals surface area (Å²) < 4.78 is 29.1. The van der Waals surface area contributed by atoms with Gasteiger partial charge in [0.25, 0.3) is 8.32 Å². The standard InChI is InChI=1S/C33H42FNO4Si/c1-32(2,3)29-22-25(20-21-35(29)31(36)37)39-28-19-13-14-24(30(28)34)23-38-40(33(4,5)6,26-15-9-7-10-16-26)27-17-11-8-12-18-27/h7-19,25,29H,20-23H2,1-6H3,(H,36,37). The van der Waals surface area contributed by atoms with E-state index in [1.807, 2.05) is 57.2 Å². The van der Waals surface area contributed by atoms with Crippen LogP contribution in [0.25, 0.3) is 0 Å². The van der Waals surface area contributed by atoms with Gasteiger partial charge in [0.15, 0.2) is 11.6 Å². The summed E-state index contributed by atoms with van der Waals surface area (Å²) in [6.07, 6.45) is -0.173. The highest BCUT2D eigenvalue weighted by Crippen LogP contribution is 2.38. The lowest BCUT2D eigenvalue weighted by Gasteiger charge is -2.44. The van der Waals surface area contributed by atoms with Crippen molar-refractivity contribution in [1.82, 2.24) is 4.90 Å². The van der Waals surface area contributed by atoms with Gasteiger partial charge in [-0.1, -0.05) is 114 Å². The summed E-state index contributed by atoms with van der Waals surface area (Å²) in [4.78, 5) is 13.3. The first-order valence-electron chi connectivity index (χ1n) is 14.0. The summed E-state index contributed by atoms with van der Waals surface area (Å²) in [5.74, 6) is -0.238. The Morgan fingerprint density at radius 2 is 1.50 bits per heavy atom. The molecule has 1 aliphatic heterocycles. The van der Waals surface area contributed by atoms with Crippen LogP contribution < -0.4 is 15.1 Å². The van der Waals surface area contributed by atoms with Gasteiger partial charge in [0.05, 0.1) is 6.61 Å². The van der Waals surface area contributed by atoms with Crippen molar-refractivity contribution in [2.24, 2.45) is 5.41 Å². The van der Waals surface area contributed by atoms with Gasteiger partial charge in [-0.2, -0.15) is 0 Å². The van der Waals surface area contributed by atoms with Crippen molar-refractivity contribution in [2.45, 2.75) is 78.2 Å². The van der Waals surface area contributed by atoms with Crippen molar-refractivity contribution in [3.05, 3.63) is 90.2 Å². The van der Waals surface area contributed by atoms with E-state index in [4.69, 9.17) is 9.16 Å². The Balaban J connectivity index is 1.61. The number of halogens is 1. The van der Waals surface area contributed by atoms with Crippen molar-refractivity contribution in [1.29, 1.82) is 0 Å². The number of hydrogen-bond donors (Lipinski definition) is 1. The SMILES string of the molecule is CC(C)(C)C1CC(Oc2cccc(CO[Si](c3ccccc3)(c3ccccc3)C(C)(C)C)c2F)CCN1C(=O)O. The van der Waals surface area contributed by atoms with Crippen molar-refractivity contribution in [2.75, 3.05) is 6.54 Å². The number of nitrogens with zero attached hydrogens (tertiary/aromatic N) is 1. The molecule has 2 atom stereocenters. The van der Waals surface area contributed by atoms with Gasteiger partial charge in [0.1, 0.15) is 6.10 Å². The van der Waals surface area contributed by atoms with E-state index in [1.165, 1.54) is 4.90 Å². The fourth-order valence-electron chi connectivity index (χ4n) is 5.98. The van der Waals surface area contributed by atoms with Crippen LogP contribution in [-0.2, 0) is 11.0 Å². The Bertz CT molecular complexity index is 1250. The molecule has 4 rings (SSSR count). The number of likely N-dealkylation sites (tertiary alicyclic amines) is 1. The lowest BCUT2D eigenvalue weighted by atomic mass is 9.80. The Morgan fingerprint density at radius 1 is 0.925 bits per heavy atom. The molecular formula is C33H42FNO4Si. The number of rotatable bonds is 7. The van der Waals surface area contributed by atoms with E-state index >= 15 is 4.39 Å². The second-order valence-corrected chi connectivity index (χ2v) is 17.1. The fourth-order valence-corrected chi connectivity index (χ4v) is 10.5. The van der Waals surface area contributed by atoms with Gasteiger partial charge in [0, 0.05) is 31.0 Å². The molecule has 0 aliphatic carbocycles. The van der Waals surface area contributed by atoms with Crippen molar-refractivity contribution >= 4 is 24.8 Å². The summed E-state index contributed by atoms with van der Waals surface area (Å²) in [6.45, 7) is 13.1. The molecule has 1 N–H and O–H groups in total. The number of carbonyl (C=O) groups is 1. The van der Waals surface area contributed by atoms with Crippen LogP contribution in [0, 0.1) is 11.2 Å². The monoisotopic (exact) mass is 563 g/mol. The minimum Gasteiger partial charge on any atom is -0.487 e. The Hall–Kier alpha value is -3.16. The predicted molar refractivity (Wildman–Crippen MR) is 160 cm³/mol. The van der Waals surface area contributed by atoms with Crippen LogP contribution in [0.3, 0.4) is 0 Å². The fraction of sp³-hybridized carbons (Fsp3) is 0.424. The largest absolute Gasteiger partial charge is 0.487 e. The summed E-state index contributed by atoms with van der Waals surface area (Å²) in [7, 11) is -2.83. The molecule has 0 radical (unpaired) electrons. The maximum atomic E-state index is 15.9. The van der Waals surface area contributed by atoms with Gasteiger partial charge in [0.2, 0.25) is 0 Å². The van der Waals surface area contributed by atoms with E-state index in [2.05, 4.69) is 45.0 Å². The first-order valence-corrected chi connectivity index (χ1v) is 15.9. The lowest BCUT2D eigenvalue weighted by Crippen LogP contribution is -2.66. The van der Waals surface area contributed by atoms with E-state index in [9.17, 15) is 9.90 Å². The third-order valence-electron chi connectivity index (χ3n) is 8.00. The molecule has 7 heteroatoms. The molecule has 5 nitrogen and oxygen atoms in total. The summed E-state index contributed by atoms with van der Waals surface area (Å²) in [6, 6.07) is 25.6. The molecule has 1 fully saturated rings. The molecule has 2 unspecified atom stereocenters. The highest BCUT2D eigenvalue weighted by molar-refractivity contribution is 6.99. The van der Waals surface area contributed by atoms with E-state index in [0.29, 0.717) is 24.9 Å². The topological polar surface area (TPSA) is 59.0 Å². The van der Waals surface area contributed by atoms with E-state index in [-0.39, 0.29) is 35.0 Å². The van der Waals surface area contributed by atoms with E-state index < -0.39 is 20.2 Å². The first kappa shape index (κ1) is 29.8. The molecule has 1 saturated heterocycles. The second-order valence-electron chi connectivity index (χ2n) is 12.8. The van der Waals surface area contributed by atoms with Crippen LogP contribution in [0.4, 0.5) is 9.18 Å². The number of carboxylic acid groups (broad SMARTS) is 1. The third-order valence-corrected chi connectivity index (χ3v) is 13.0. The molecule has 0 bridgehead atoms. The van der Waals surface area contributed by atoms with Crippen molar-refractivity contribution < 1.29 is 23.5 Å². The number of ether oxygens (including phenoxy) is 1. The van der Waals surface area contributed by atoms with Gasteiger partial charge in [-0.25, -0.2) is 9.18 Å².